The number of carbonyl (C=O) groups excluding carboxylic acids is 2. The molecule has 0 aliphatic carbocycles. The molecule has 0 unspecified atom stereocenters. The first-order valence-corrected chi connectivity index (χ1v) is 14.6. The van der Waals surface area contributed by atoms with Crippen molar-refractivity contribution in [3.63, 3.8) is 0 Å². The Bertz CT molecular complexity index is 991. The predicted molar refractivity (Wildman–Crippen MR) is 156 cm³/mol. The predicted octanol–water partition coefficient (Wildman–Crippen LogP) is 6.11. The average Bonchev–Trinajstić information content (AvgIpc) is 2.96. The molecule has 1 fully saturated rings. The van der Waals surface area contributed by atoms with Crippen LogP contribution in [0.1, 0.15) is 63.5 Å². The Morgan fingerprint density at radius 1 is 0.846 bits per heavy atom. The normalized spacial score (nSPS) is 13.8. The molecule has 3 rings (SSSR count). The number of amides is 4. The molecule has 7 nitrogen and oxygen atoms in total. The number of carbonyl (C=O) groups is 2. The number of rotatable bonds is 14. The molecule has 1 heterocycles. The molecule has 0 radical (unpaired) electrons. The number of unbranched alkanes of at least 4 members (excludes halogenated alkanes) is 5. The van der Waals surface area contributed by atoms with Crippen LogP contribution in [0, 0.1) is 5.82 Å². The van der Waals surface area contributed by atoms with E-state index in [1.54, 1.807) is 12.1 Å². The Hall–Kier alpha value is -3.13. The van der Waals surface area contributed by atoms with E-state index in [4.69, 9.17) is 0 Å². The Morgan fingerprint density at radius 2 is 1.49 bits per heavy atom. The number of nitrogens with one attached hydrogen (secondary N) is 2. The van der Waals surface area contributed by atoms with Gasteiger partial charge in [-0.05, 0) is 48.2 Å². The number of hydrogen-bond acceptors (Lipinski definition) is 3. The fourth-order valence-electron chi connectivity index (χ4n) is 4.74. The number of urea groups is 2. The Kier molecular flexibility index (Phi) is 13.1. The number of aryl methyl sites for hydroxylation is 1. The van der Waals surface area contributed by atoms with Gasteiger partial charge in [-0.3, -0.25) is 4.90 Å². The summed E-state index contributed by atoms with van der Waals surface area (Å²) in [6.45, 7) is 9.50. The topological polar surface area (TPSA) is 67.9 Å². The van der Waals surface area contributed by atoms with Gasteiger partial charge in [-0.15, -0.1) is 0 Å². The third-order valence-corrected chi connectivity index (χ3v) is 7.34. The molecule has 0 aromatic heterocycles. The molecule has 0 saturated carbocycles. The molecular formula is C31H46FN5O2. The molecule has 2 aromatic rings. The fourth-order valence-corrected chi connectivity index (χ4v) is 4.74. The second-order valence-corrected chi connectivity index (χ2v) is 10.4. The Labute approximate surface area is 233 Å². The van der Waals surface area contributed by atoms with Crippen molar-refractivity contribution in [1.29, 1.82) is 0 Å². The summed E-state index contributed by atoms with van der Waals surface area (Å²) in [4.78, 5) is 31.7. The summed E-state index contributed by atoms with van der Waals surface area (Å²) in [6.07, 6.45) is 8.03. The minimum absolute atomic E-state index is 0.0779. The monoisotopic (exact) mass is 539 g/mol. The lowest BCUT2D eigenvalue weighted by Gasteiger charge is -2.35. The highest BCUT2D eigenvalue weighted by Crippen LogP contribution is 2.13. The van der Waals surface area contributed by atoms with Crippen molar-refractivity contribution < 1.29 is 14.0 Å². The Balaban J connectivity index is 1.45. The van der Waals surface area contributed by atoms with Crippen molar-refractivity contribution in [1.82, 2.24) is 20.0 Å². The van der Waals surface area contributed by atoms with Crippen LogP contribution in [0.15, 0.2) is 48.5 Å². The number of piperazine rings is 1. The van der Waals surface area contributed by atoms with Crippen LogP contribution in [-0.4, -0.2) is 72.6 Å². The first-order valence-electron chi connectivity index (χ1n) is 14.6. The number of nitrogens with zero attached hydrogens (tertiary/aromatic N) is 3. The SMILES string of the molecule is CCCCCCCCNC(=O)N(CCN1CCN(C(=O)Nc2ccc(CC)cc2)CC1)Cc1ccc(F)cc1. The maximum absolute atomic E-state index is 13.4. The summed E-state index contributed by atoms with van der Waals surface area (Å²) >= 11 is 0. The van der Waals surface area contributed by atoms with Crippen LogP contribution in [0.2, 0.25) is 0 Å². The second kappa shape index (κ2) is 16.7. The minimum atomic E-state index is -0.280. The van der Waals surface area contributed by atoms with E-state index in [1.807, 2.05) is 34.1 Å². The van der Waals surface area contributed by atoms with Crippen molar-refractivity contribution in [3.05, 3.63) is 65.5 Å². The summed E-state index contributed by atoms with van der Waals surface area (Å²) < 4.78 is 13.4. The van der Waals surface area contributed by atoms with Crippen LogP contribution >= 0.6 is 0 Å². The molecule has 4 amide bonds. The molecule has 1 aliphatic heterocycles. The number of benzene rings is 2. The van der Waals surface area contributed by atoms with Gasteiger partial charge in [0, 0.05) is 58.0 Å². The molecular weight excluding hydrogens is 493 g/mol. The van der Waals surface area contributed by atoms with Gasteiger partial charge < -0.3 is 20.4 Å². The van der Waals surface area contributed by atoms with Gasteiger partial charge in [0.1, 0.15) is 5.82 Å². The van der Waals surface area contributed by atoms with Crippen LogP contribution in [0.5, 0.6) is 0 Å². The van der Waals surface area contributed by atoms with E-state index >= 15 is 0 Å². The van der Waals surface area contributed by atoms with Crippen LogP contribution in [0.4, 0.5) is 19.7 Å². The molecule has 39 heavy (non-hydrogen) atoms. The van der Waals surface area contributed by atoms with E-state index in [1.165, 1.54) is 43.4 Å². The first kappa shape index (κ1) is 30.4. The lowest BCUT2D eigenvalue weighted by molar-refractivity contribution is 0.134. The lowest BCUT2D eigenvalue weighted by Crippen LogP contribution is -2.52. The smallest absolute Gasteiger partial charge is 0.321 e. The van der Waals surface area contributed by atoms with Crippen LogP contribution in [0.25, 0.3) is 0 Å². The first-order chi connectivity index (χ1) is 19.0. The number of hydrogen-bond donors (Lipinski definition) is 2. The van der Waals surface area contributed by atoms with Gasteiger partial charge in [-0.25, -0.2) is 14.0 Å². The molecule has 0 bridgehead atoms. The highest BCUT2D eigenvalue weighted by atomic mass is 19.1. The molecule has 0 atom stereocenters. The molecule has 2 aromatic carbocycles. The number of anilines is 1. The standard InChI is InChI=1S/C31H46FN5O2/c1-3-5-6-7-8-9-18-33-30(38)37(25-27-10-14-28(32)15-11-27)24-21-35-19-22-36(23-20-35)31(39)34-29-16-12-26(4-2)13-17-29/h10-17H,3-9,18-25H2,1-2H3,(H,33,38)(H,34,39). The van der Waals surface area contributed by atoms with Gasteiger partial charge in [-0.1, -0.05) is 70.2 Å². The molecule has 214 valence electrons. The van der Waals surface area contributed by atoms with Crippen molar-refractivity contribution in [2.75, 3.05) is 51.1 Å². The van der Waals surface area contributed by atoms with Gasteiger partial charge in [0.25, 0.3) is 0 Å². The van der Waals surface area contributed by atoms with Crippen LogP contribution in [0.3, 0.4) is 0 Å². The maximum atomic E-state index is 13.4. The van der Waals surface area contributed by atoms with E-state index < -0.39 is 0 Å². The number of halogens is 1. The van der Waals surface area contributed by atoms with Crippen LogP contribution < -0.4 is 10.6 Å². The largest absolute Gasteiger partial charge is 0.338 e. The van der Waals surface area contributed by atoms with E-state index in [9.17, 15) is 14.0 Å². The highest BCUT2D eigenvalue weighted by molar-refractivity contribution is 5.89. The van der Waals surface area contributed by atoms with Gasteiger partial charge in [0.15, 0.2) is 0 Å². The van der Waals surface area contributed by atoms with E-state index in [2.05, 4.69) is 29.4 Å². The van der Waals surface area contributed by atoms with E-state index in [0.29, 0.717) is 32.7 Å². The van der Waals surface area contributed by atoms with Crippen molar-refractivity contribution in [2.45, 2.75) is 65.3 Å². The van der Waals surface area contributed by atoms with Crippen LogP contribution in [-0.2, 0) is 13.0 Å². The molecule has 2 N–H and O–H groups in total. The maximum Gasteiger partial charge on any atom is 0.321 e. The zero-order valence-electron chi connectivity index (χ0n) is 23.8. The molecule has 0 spiro atoms. The van der Waals surface area contributed by atoms with Crippen molar-refractivity contribution in [2.24, 2.45) is 0 Å². The van der Waals surface area contributed by atoms with E-state index in [0.717, 1.165) is 50.1 Å². The zero-order valence-corrected chi connectivity index (χ0v) is 23.8. The lowest BCUT2D eigenvalue weighted by atomic mass is 10.1. The summed E-state index contributed by atoms with van der Waals surface area (Å²) in [7, 11) is 0. The van der Waals surface area contributed by atoms with Gasteiger partial charge in [0.2, 0.25) is 0 Å². The van der Waals surface area contributed by atoms with Crippen molar-refractivity contribution >= 4 is 17.7 Å². The zero-order chi connectivity index (χ0) is 27.9. The average molecular weight is 540 g/mol. The second-order valence-electron chi connectivity index (χ2n) is 10.4. The van der Waals surface area contributed by atoms with Gasteiger partial charge in [0.05, 0.1) is 0 Å². The summed E-state index contributed by atoms with van der Waals surface area (Å²) in [5, 5.41) is 6.07. The summed E-state index contributed by atoms with van der Waals surface area (Å²) in [6, 6.07) is 14.1. The quantitative estimate of drug-likeness (QED) is 0.285. The summed E-state index contributed by atoms with van der Waals surface area (Å²) in [5.74, 6) is -0.280. The van der Waals surface area contributed by atoms with E-state index in [-0.39, 0.29) is 17.9 Å². The highest BCUT2D eigenvalue weighted by Gasteiger charge is 2.22. The fraction of sp³-hybridized carbons (Fsp3) is 0.548. The Morgan fingerprint density at radius 3 is 2.15 bits per heavy atom. The van der Waals surface area contributed by atoms with Crippen molar-refractivity contribution in [3.8, 4) is 0 Å². The molecule has 8 heteroatoms. The van der Waals surface area contributed by atoms with Gasteiger partial charge >= 0.3 is 12.1 Å². The third kappa shape index (κ3) is 10.9. The summed E-state index contributed by atoms with van der Waals surface area (Å²) in [5.41, 5.74) is 2.95. The molecule has 1 aliphatic rings. The van der Waals surface area contributed by atoms with Gasteiger partial charge in [-0.2, -0.15) is 0 Å². The minimum Gasteiger partial charge on any atom is -0.338 e. The molecule has 1 saturated heterocycles. The third-order valence-electron chi connectivity index (χ3n) is 7.34.